The molecule has 0 saturated carbocycles. The van der Waals surface area contributed by atoms with E-state index >= 15 is 0 Å². The molecule has 0 radical (unpaired) electrons. The summed E-state index contributed by atoms with van der Waals surface area (Å²) in [6.45, 7) is 7.84. The van der Waals surface area contributed by atoms with Crippen LogP contribution >= 0.6 is 35.7 Å². The maximum absolute atomic E-state index is 13.1. The van der Waals surface area contributed by atoms with Crippen LogP contribution in [0.4, 0.5) is 4.39 Å². The van der Waals surface area contributed by atoms with Gasteiger partial charge in [0.2, 0.25) is 0 Å². The summed E-state index contributed by atoms with van der Waals surface area (Å²) in [4.78, 5) is 6.90. The molecule has 30 heavy (non-hydrogen) atoms. The molecule has 2 heterocycles. The van der Waals surface area contributed by atoms with Crippen molar-refractivity contribution in [3.05, 3.63) is 35.6 Å². The average Bonchev–Trinajstić information content (AvgIpc) is 2.75. The molecule has 170 valence electrons. The highest BCUT2D eigenvalue weighted by Gasteiger charge is 2.33. The van der Waals surface area contributed by atoms with E-state index in [2.05, 4.69) is 27.4 Å². The summed E-state index contributed by atoms with van der Waals surface area (Å²) in [6, 6.07) is 7.29. The van der Waals surface area contributed by atoms with E-state index in [0.717, 1.165) is 76.8 Å². The van der Waals surface area contributed by atoms with Crippen molar-refractivity contribution in [2.75, 3.05) is 45.6 Å². The monoisotopic (exact) mass is 550 g/mol. The van der Waals surface area contributed by atoms with Crippen LogP contribution in [0.1, 0.15) is 38.2 Å². The molecule has 2 fully saturated rings. The highest BCUT2D eigenvalue weighted by Crippen LogP contribution is 2.34. The van der Waals surface area contributed by atoms with E-state index in [1.54, 1.807) is 12.1 Å². The number of aliphatic imine (C=N–C) groups is 1. The van der Waals surface area contributed by atoms with Crippen LogP contribution in [0.25, 0.3) is 0 Å². The number of thioether (sulfide) groups is 1. The van der Waals surface area contributed by atoms with E-state index in [9.17, 15) is 4.39 Å². The minimum atomic E-state index is -0.171. The molecule has 2 aliphatic rings. The number of hydrogen-bond donors (Lipinski definition) is 2. The molecule has 0 spiro atoms. The Hall–Kier alpha value is -0.580. The molecule has 1 aromatic carbocycles. The van der Waals surface area contributed by atoms with Crippen LogP contribution < -0.4 is 10.6 Å². The van der Waals surface area contributed by atoms with Gasteiger partial charge in [-0.05, 0) is 49.1 Å². The third-order valence-electron chi connectivity index (χ3n) is 5.90. The number of hydrogen-bond acceptors (Lipinski definition) is 4. The third-order valence-corrected chi connectivity index (χ3v) is 7.36. The second-order valence-electron chi connectivity index (χ2n) is 7.98. The number of benzene rings is 1. The molecule has 0 bridgehead atoms. The fourth-order valence-electron chi connectivity index (χ4n) is 4.14. The van der Waals surface area contributed by atoms with Crippen molar-refractivity contribution >= 4 is 41.7 Å². The Labute approximate surface area is 202 Å². The van der Waals surface area contributed by atoms with E-state index in [4.69, 9.17) is 4.74 Å². The molecule has 5 nitrogen and oxygen atoms in total. The number of ether oxygens (including phenoxy) is 1. The maximum Gasteiger partial charge on any atom is 0.191 e. The maximum atomic E-state index is 13.1. The van der Waals surface area contributed by atoms with Crippen LogP contribution in [-0.4, -0.2) is 67.3 Å². The highest BCUT2D eigenvalue weighted by molar-refractivity contribution is 14.0. The van der Waals surface area contributed by atoms with Crippen LogP contribution in [0.2, 0.25) is 0 Å². The third kappa shape index (κ3) is 7.84. The van der Waals surface area contributed by atoms with Crippen molar-refractivity contribution in [2.45, 2.75) is 49.9 Å². The molecule has 0 atom stereocenters. The van der Waals surface area contributed by atoms with Crippen LogP contribution in [-0.2, 0) is 11.3 Å². The minimum absolute atomic E-state index is 0. The quantitative estimate of drug-likeness (QED) is 0.307. The molecule has 2 N–H and O–H groups in total. The molecule has 1 aromatic rings. The standard InChI is InChI=1S/C22H35FN4OS.HI/c1-3-29-22(10-14-28-15-11-22)17-25-21(24-2)26-20-8-12-27(13-9-20)16-18-4-6-19(23)7-5-18;/h4-7,20H,3,8-17H2,1-2H3,(H2,24,25,26);1H. The van der Waals surface area contributed by atoms with Gasteiger partial charge in [0.25, 0.3) is 0 Å². The second kappa shape index (κ2) is 13.1. The van der Waals surface area contributed by atoms with E-state index in [0.29, 0.717) is 6.04 Å². The summed E-state index contributed by atoms with van der Waals surface area (Å²) >= 11 is 2.04. The van der Waals surface area contributed by atoms with Crippen molar-refractivity contribution in [2.24, 2.45) is 4.99 Å². The van der Waals surface area contributed by atoms with Crippen molar-refractivity contribution in [1.82, 2.24) is 15.5 Å². The van der Waals surface area contributed by atoms with Crippen molar-refractivity contribution in [1.29, 1.82) is 0 Å². The zero-order valence-electron chi connectivity index (χ0n) is 18.2. The van der Waals surface area contributed by atoms with E-state index < -0.39 is 0 Å². The number of halogens is 2. The zero-order chi connectivity index (χ0) is 20.5. The van der Waals surface area contributed by atoms with Gasteiger partial charge in [-0.25, -0.2) is 4.39 Å². The first-order valence-corrected chi connectivity index (χ1v) is 11.8. The first-order chi connectivity index (χ1) is 14.1. The number of rotatable bonds is 7. The number of piperidine rings is 1. The zero-order valence-corrected chi connectivity index (χ0v) is 21.3. The van der Waals surface area contributed by atoms with Gasteiger partial charge in [0.1, 0.15) is 5.82 Å². The van der Waals surface area contributed by atoms with Crippen molar-refractivity contribution in [3.63, 3.8) is 0 Å². The van der Waals surface area contributed by atoms with Crippen LogP contribution in [0.5, 0.6) is 0 Å². The molecule has 2 aliphatic heterocycles. The Balaban J connectivity index is 0.00000320. The predicted octanol–water partition coefficient (Wildman–Crippen LogP) is 3.88. The van der Waals surface area contributed by atoms with Gasteiger partial charge >= 0.3 is 0 Å². The number of guanidine groups is 1. The molecule has 3 rings (SSSR count). The summed E-state index contributed by atoms with van der Waals surface area (Å²) in [5.41, 5.74) is 1.17. The minimum Gasteiger partial charge on any atom is -0.381 e. The fourth-order valence-corrected chi connectivity index (χ4v) is 5.38. The Morgan fingerprint density at radius 2 is 1.90 bits per heavy atom. The SMILES string of the molecule is CCSC1(CNC(=NC)NC2CCN(Cc3ccc(F)cc3)CC2)CCOCC1.I. The smallest absolute Gasteiger partial charge is 0.191 e. The van der Waals surface area contributed by atoms with Gasteiger partial charge in [-0.3, -0.25) is 9.89 Å². The molecular formula is C22H36FIN4OS. The van der Waals surface area contributed by atoms with E-state index in [-0.39, 0.29) is 34.5 Å². The lowest BCUT2D eigenvalue weighted by Gasteiger charge is -2.37. The Morgan fingerprint density at radius 3 is 2.50 bits per heavy atom. The largest absolute Gasteiger partial charge is 0.381 e. The van der Waals surface area contributed by atoms with Crippen LogP contribution in [0.3, 0.4) is 0 Å². The normalized spacial score (nSPS) is 20.4. The number of nitrogens with one attached hydrogen (secondary N) is 2. The lowest BCUT2D eigenvalue weighted by atomic mass is 9.99. The lowest BCUT2D eigenvalue weighted by molar-refractivity contribution is 0.0781. The number of likely N-dealkylation sites (tertiary alicyclic amines) is 1. The molecule has 0 aliphatic carbocycles. The van der Waals surface area contributed by atoms with Gasteiger partial charge < -0.3 is 15.4 Å². The summed E-state index contributed by atoms with van der Waals surface area (Å²) in [6.07, 6.45) is 4.36. The summed E-state index contributed by atoms with van der Waals surface area (Å²) in [7, 11) is 1.85. The summed E-state index contributed by atoms with van der Waals surface area (Å²) in [5, 5.41) is 7.20. The predicted molar refractivity (Wildman–Crippen MR) is 136 cm³/mol. The first-order valence-electron chi connectivity index (χ1n) is 10.8. The van der Waals surface area contributed by atoms with Gasteiger partial charge in [-0.1, -0.05) is 19.1 Å². The van der Waals surface area contributed by atoms with Crippen molar-refractivity contribution < 1.29 is 9.13 Å². The Kier molecular flexibility index (Phi) is 11.2. The van der Waals surface area contributed by atoms with E-state index in [1.807, 2.05) is 30.9 Å². The Morgan fingerprint density at radius 1 is 1.23 bits per heavy atom. The Bertz CT molecular complexity index is 642. The van der Waals surface area contributed by atoms with Crippen LogP contribution in [0, 0.1) is 5.82 Å². The molecule has 0 aromatic heterocycles. The molecule has 2 saturated heterocycles. The molecule has 8 heteroatoms. The van der Waals surface area contributed by atoms with Gasteiger partial charge in [-0.2, -0.15) is 11.8 Å². The van der Waals surface area contributed by atoms with E-state index in [1.165, 1.54) is 5.56 Å². The lowest BCUT2D eigenvalue weighted by Crippen LogP contribution is -2.52. The molecular weight excluding hydrogens is 514 g/mol. The number of nitrogens with zero attached hydrogens (tertiary/aromatic N) is 2. The molecule has 0 amide bonds. The van der Waals surface area contributed by atoms with Crippen LogP contribution in [0.15, 0.2) is 29.3 Å². The first kappa shape index (κ1) is 25.7. The average molecular weight is 551 g/mol. The second-order valence-corrected chi connectivity index (χ2v) is 9.71. The summed E-state index contributed by atoms with van der Waals surface area (Å²) < 4.78 is 18.9. The molecule has 0 unspecified atom stereocenters. The highest BCUT2D eigenvalue weighted by atomic mass is 127. The van der Waals surface area contributed by atoms with Gasteiger partial charge in [0, 0.05) is 57.2 Å². The van der Waals surface area contributed by atoms with Gasteiger partial charge in [0.05, 0.1) is 0 Å². The van der Waals surface area contributed by atoms with Gasteiger partial charge in [-0.15, -0.1) is 24.0 Å². The fraction of sp³-hybridized carbons (Fsp3) is 0.682. The van der Waals surface area contributed by atoms with Crippen molar-refractivity contribution in [3.8, 4) is 0 Å². The summed E-state index contributed by atoms with van der Waals surface area (Å²) in [5.74, 6) is 1.86. The van der Waals surface area contributed by atoms with Gasteiger partial charge in [0.15, 0.2) is 5.96 Å². The topological polar surface area (TPSA) is 48.9 Å².